The molecule has 1 aromatic carbocycles. The number of rotatable bonds is 5. The zero-order valence-corrected chi connectivity index (χ0v) is 15.4. The van der Waals surface area contributed by atoms with E-state index < -0.39 is 0 Å². The molecule has 0 atom stereocenters. The second-order valence-electron chi connectivity index (χ2n) is 6.23. The Labute approximate surface area is 157 Å². The minimum absolute atomic E-state index is 0.0804. The van der Waals surface area contributed by atoms with Gasteiger partial charge in [0.1, 0.15) is 11.6 Å². The summed E-state index contributed by atoms with van der Waals surface area (Å²) in [6, 6.07) is 8.10. The molecule has 26 heavy (non-hydrogen) atoms. The molecule has 1 fully saturated rings. The number of nitrogens with zero attached hydrogens (tertiary/aromatic N) is 3. The van der Waals surface area contributed by atoms with Gasteiger partial charge in [0.15, 0.2) is 0 Å². The standard InChI is InChI=1S/C19H21ClFN3O2/c1-23(7-6-14-2-4-16(21)5-3-14)18-17(20)12-15(13-22-18)19(25)24-8-10-26-11-9-24/h2-5,12-13H,6-11H2,1H3. The molecular formula is C19H21ClFN3O2. The van der Waals surface area contributed by atoms with E-state index in [4.69, 9.17) is 16.3 Å². The van der Waals surface area contributed by atoms with Gasteiger partial charge >= 0.3 is 0 Å². The van der Waals surface area contributed by atoms with Crippen molar-refractivity contribution in [2.24, 2.45) is 0 Å². The number of pyridine rings is 1. The molecule has 1 aromatic heterocycles. The Morgan fingerprint density at radius 1 is 1.31 bits per heavy atom. The highest BCUT2D eigenvalue weighted by Gasteiger charge is 2.20. The smallest absolute Gasteiger partial charge is 0.255 e. The molecule has 1 amide bonds. The van der Waals surface area contributed by atoms with E-state index in [1.807, 2.05) is 11.9 Å². The number of amides is 1. The Balaban J connectivity index is 1.64. The van der Waals surface area contributed by atoms with Crippen molar-refractivity contribution in [1.29, 1.82) is 0 Å². The van der Waals surface area contributed by atoms with Crippen LogP contribution in [0.4, 0.5) is 10.2 Å². The van der Waals surface area contributed by atoms with E-state index in [9.17, 15) is 9.18 Å². The lowest BCUT2D eigenvalue weighted by Gasteiger charge is -2.27. The summed E-state index contributed by atoms with van der Waals surface area (Å²) in [5.41, 5.74) is 1.51. The van der Waals surface area contributed by atoms with Crippen molar-refractivity contribution in [2.75, 3.05) is 44.8 Å². The van der Waals surface area contributed by atoms with Gasteiger partial charge in [-0.05, 0) is 30.2 Å². The van der Waals surface area contributed by atoms with Crippen molar-refractivity contribution in [3.63, 3.8) is 0 Å². The van der Waals surface area contributed by atoms with Gasteiger partial charge in [-0.3, -0.25) is 4.79 Å². The lowest BCUT2D eigenvalue weighted by atomic mass is 10.1. The van der Waals surface area contributed by atoms with Crippen LogP contribution < -0.4 is 4.90 Å². The van der Waals surface area contributed by atoms with Crippen LogP contribution in [0.3, 0.4) is 0 Å². The van der Waals surface area contributed by atoms with Gasteiger partial charge in [-0.15, -0.1) is 0 Å². The van der Waals surface area contributed by atoms with Crippen molar-refractivity contribution in [3.05, 3.63) is 58.5 Å². The van der Waals surface area contributed by atoms with Gasteiger partial charge < -0.3 is 14.5 Å². The second-order valence-corrected chi connectivity index (χ2v) is 6.64. The summed E-state index contributed by atoms with van der Waals surface area (Å²) in [7, 11) is 1.89. The van der Waals surface area contributed by atoms with Crippen molar-refractivity contribution in [3.8, 4) is 0 Å². The molecule has 138 valence electrons. The lowest BCUT2D eigenvalue weighted by Crippen LogP contribution is -2.40. The van der Waals surface area contributed by atoms with Crippen LogP contribution >= 0.6 is 11.6 Å². The molecule has 7 heteroatoms. The topological polar surface area (TPSA) is 45.7 Å². The van der Waals surface area contributed by atoms with Crippen LogP contribution in [0.25, 0.3) is 0 Å². The number of carbonyl (C=O) groups excluding carboxylic acids is 1. The van der Waals surface area contributed by atoms with Crippen LogP contribution in [0.5, 0.6) is 0 Å². The van der Waals surface area contributed by atoms with Crippen molar-refractivity contribution in [1.82, 2.24) is 9.88 Å². The largest absolute Gasteiger partial charge is 0.378 e. The third-order valence-corrected chi connectivity index (χ3v) is 4.66. The second kappa shape index (κ2) is 8.47. The predicted octanol–water partition coefficient (Wildman–Crippen LogP) is 3.03. The van der Waals surface area contributed by atoms with Gasteiger partial charge in [0.05, 0.1) is 23.8 Å². The number of benzene rings is 1. The quantitative estimate of drug-likeness (QED) is 0.803. The number of anilines is 1. The minimum Gasteiger partial charge on any atom is -0.378 e. The number of aromatic nitrogens is 1. The van der Waals surface area contributed by atoms with E-state index in [-0.39, 0.29) is 11.7 Å². The van der Waals surface area contributed by atoms with Gasteiger partial charge in [-0.1, -0.05) is 23.7 Å². The first-order chi connectivity index (χ1) is 12.5. The molecule has 1 aliphatic heterocycles. The monoisotopic (exact) mass is 377 g/mol. The van der Waals surface area contributed by atoms with Gasteiger partial charge in [0.25, 0.3) is 5.91 Å². The van der Waals surface area contributed by atoms with Crippen LogP contribution in [-0.4, -0.2) is 55.7 Å². The fourth-order valence-electron chi connectivity index (χ4n) is 2.83. The number of hydrogen-bond donors (Lipinski definition) is 0. The van der Waals surface area contributed by atoms with Crippen LogP contribution in [0.1, 0.15) is 15.9 Å². The van der Waals surface area contributed by atoms with Gasteiger partial charge in [0, 0.05) is 32.9 Å². The molecule has 0 saturated carbocycles. The van der Waals surface area contributed by atoms with E-state index in [1.165, 1.54) is 12.1 Å². The van der Waals surface area contributed by atoms with E-state index in [1.54, 1.807) is 29.3 Å². The van der Waals surface area contributed by atoms with Gasteiger partial charge in [0.2, 0.25) is 0 Å². The summed E-state index contributed by atoms with van der Waals surface area (Å²) >= 11 is 6.36. The predicted molar refractivity (Wildman–Crippen MR) is 99.3 cm³/mol. The fraction of sp³-hybridized carbons (Fsp3) is 0.368. The maximum absolute atomic E-state index is 13.0. The SMILES string of the molecule is CN(CCc1ccc(F)cc1)c1ncc(C(=O)N2CCOCC2)cc1Cl. The van der Waals surface area contributed by atoms with Gasteiger partial charge in [-0.2, -0.15) is 0 Å². The number of hydrogen-bond acceptors (Lipinski definition) is 4. The third-order valence-electron chi connectivity index (χ3n) is 4.38. The van der Waals surface area contributed by atoms with Crippen LogP contribution in [0.15, 0.2) is 36.5 Å². The van der Waals surface area contributed by atoms with E-state index in [0.29, 0.717) is 49.3 Å². The first kappa shape index (κ1) is 18.6. The molecule has 0 bridgehead atoms. The van der Waals surface area contributed by atoms with Crippen molar-refractivity contribution >= 4 is 23.3 Å². The van der Waals surface area contributed by atoms with E-state index in [2.05, 4.69) is 4.98 Å². The minimum atomic E-state index is -0.243. The normalized spacial score (nSPS) is 14.3. The van der Waals surface area contributed by atoms with Gasteiger partial charge in [-0.25, -0.2) is 9.37 Å². The average Bonchev–Trinajstić information content (AvgIpc) is 2.67. The zero-order valence-electron chi connectivity index (χ0n) is 14.6. The molecule has 0 unspecified atom stereocenters. The first-order valence-electron chi connectivity index (χ1n) is 8.53. The Morgan fingerprint density at radius 2 is 2.00 bits per heavy atom. The maximum Gasteiger partial charge on any atom is 0.255 e. The Hall–Kier alpha value is -2.18. The van der Waals surface area contributed by atoms with Crippen LogP contribution in [-0.2, 0) is 11.2 Å². The molecular weight excluding hydrogens is 357 g/mol. The highest BCUT2D eigenvalue weighted by molar-refractivity contribution is 6.33. The summed E-state index contributed by atoms with van der Waals surface area (Å²) < 4.78 is 18.2. The zero-order chi connectivity index (χ0) is 18.5. The third kappa shape index (κ3) is 4.51. The highest BCUT2D eigenvalue weighted by Crippen LogP contribution is 2.24. The summed E-state index contributed by atoms with van der Waals surface area (Å²) in [5.74, 6) is 0.294. The molecule has 5 nitrogen and oxygen atoms in total. The Kier molecular flexibility index (Phi) is 6.06. The number of ether oxygens (including phenoxy) is 1. The maximum atomic E-state index is 13.0. The average molecular weight is 378 g/mol. The highest BCUT2D eigenvalue weighted by atomic mass is 35.5. The molecule has 2 heterocycles. The van der Waals surface area contributed by atoms with E-state index in [0.717, 1.165) is 12.0 Å². The molecule has 0 spiro atoms. The molecule has 2 aromatic rings. The number of halogens is 2. The molecule has 0 N–H and O–H groups in total. The number of likely N-dealkylation sites (N-methyl/N-ethyl adjacent to an activating group) is 1. The summed E-state index contributed by atoms with van der Waals surface area (Å²) in [6.45, 7) is 2.94. The Bertz CT molecular complexity index is 764. The van der Waals surface area contributed by atoms with Crippen molar-refractivity contribution < 1.29 is 13.9 Å². The summed E-state index contributed by atoms with van der Waals surface area (Å²) in [6.07, 6.45) is 2.30. The van der Waals surface area contributed by atoms with Crippen LogP contribution in [0, 0.1) is 5.82 Å². The fourth-order valence-corrected chi connectivity index (χ4v) is 3.14. The summed E-state index contributed by atoms with van der Waals surface area (Å²) in [4.78, 5) is 20.5. The molecule has 0 radical (unpaired) electrons. The van der Waals surface area contributed by atoms with E-state index >= 15 is 0 Å². The summed E-state index contributed by atoms with van der Waals surface area (Å²) in [5, 5.41) is 0.436. The number of morpholine rings is 1. The van der Waals surface area contributed by atoms with Crippen LogP contribution in [0.2, 0.25) is 5.02 Å². The van der Waals surface area contributed by atoms with Crippen molar-refractivity contribution in [2.45, 2.75) is 6.42 Å². The first-order valence-corrected chi connectivity index (χ1v) is 8.90. The Morgan fingerprint density at radius 3 is 2.65 bits per heavy atom. The molecule has 3 rings (SSSR count). The molecule has 0 aliphatic carbocycles. The molecule has 1 saturated heterocycles. The lowest BCUT2D eigenvalue weighted by molar-refractivity contribution is 0.0302. The molecule has 1 aliphatic rings. The number of carbonyl (C=O) groups is 1.